The first-order valence-electron chi connectivity index (χ1n) is 15.0. The molecule has 2 unspecified atom stereocenters. The van der Waals surface area contributed by atoms with Crippen LogP contribution in [0.3, 0.4) is 0 Å². The second kappa shape index (κ2) is 12.0. The van der Waals surface area contributed by atoms with Crippen LogP contribution >= 0.6 is 0 Å². The molecule has 0 saturated heterocycles. The van der Waals surface area contributed by atoms with Gasteiger partial charge in [-0.05, 0) is 51.1 Å². The monoisotopic (exact) mass is 570 g/mol. The molecule has 0 amide bonds. The first-order chi connectivity index (χ1) is 21.7. The number of allylic oxidation sites excluding steroid dienone is 1. The zero-order valence-corrected chi connectivity index (χ0v) is 24.6. The number of nitrogens with one attached hydrogen (secondary N) is 2. The maximum atomic E-state index is 6.65. The molecule has 0 fully saturated rings. The fourth-order valence-electron chi connectivity index (χ4n) is 6.06. The summed E-state index contributed by atoms with van der Waals surface area (Å²) < 4.78 is 0. The number of rotatable bonds is 6. The summed E-state index contributed by atoms with van der Waals surface area (Å²) in [4.78, 5) is 5.10. The van der Waals surface area contributed by atoms with Crippen LogP contribution in [0.25, 0.3) is 39.1 Å². The van der Waals surface area contributed by atoms with Gasteiger partial charge < -0.3 is 11.1 Å². The molecule has 44 heavy (non-hydrogen) atoms. The summed E-state index contributed by atoms with van der Waals surface area (Å²) in [5.41, 5.74) is 16.4. The van der Waals surface area contributed by atoms with E-state index in [0.29, 0.717) is 0 Å². The molecule has 0 aliphatic carbocycles. The Morgan fingerprint density at radius 1 is 0.591 bits per heavy atom. The highest BCUT2D eigenvalue weighted by atomic mass is 15.3. The minimum Gasteiger partial charge on any atom is -0.398 e. The van der Waals surface area contributed by atoms with Crippen LogP contribution in [0, 0.1) is 0 Å². The first kappa shape index (κ1) is 27.4. The normalized spacial score (nSPS) is 16.5. The SMILES string of the molecule is C/C=C\c1cccc(-c2ccc(-c3ccc(C4N=C(c5ccccc5)NC(c5ccccc5)N4)cc3)c3ccccc23)c1N. The molecule has 1 aliphatic heterocycles. The number of hydrogen-bond acceptors (Lipinski definition) is 4. The van der Waals surface area contributed by atoms with Gasteiger partial charge in [-0.25, -0.2) is 4.99 Å². The van der Waals surface area contributed by atoms with Crippen molar-refractivity contribution in [3.05, 3.63) is 168 Å². The first-order valence-corrected chi connectivity index (χ1v) is 15.0. The Morgan fingerprint density at radius 3 is 1.98 bits per heavy atom. The summed E-state index contributed by atoms with van der Waals surface area (Å²) in [6, 6.07) is 48.8. The molecule has 7 rings (SSSR count). The molecule has 4 nitrogen and oxygen atoms in total. The predicted molar refractivity (Wildman–Crippen MR) is 185 cm³/mol. The molecule has 4 N–H and O–H groups in total. The van der Waals surface area contributed by atoms with Gasteiger partial charge in [-0.15, -0.1) is 0 Å². The predicted octanol–water partition coefficient (Wildman–Crippen LogP) is 9.13. The molecule has 0 aromatic heterocycles. The highest BCUT2D eigenvalue weighted by Gasteiger charge is 2.25. The van der Waals surface area contributed by atoms with Gasteiger partial charge in [0.25, 0.3) is 0 Å². The molecule has 214 valence electrons. The van der Waals surface area contributed by atoms with Gasteiger partial charge in [0, 0.05) is 16.8 Å². The van der Waals surface area contributed by atoms with Crippen molar-refractivity contribution in [3.63, 3.8) is 0 Å². The zero-order valence-electron chi connectivity index (χ0n) is 24.6. The highest BCUT2D eigenvalue weighted by Crippen LogP contribution is 2.39. The Kier molecular flexibility index (Phi) is 7.49. The van der Waals surface area contributed by atoms with Gasteiger partial charge in [0.05, 0.1) is 0 Å². The second-order valence-corrected chi connectivity index (χ2v) is 11.0. The fraction of sp³-hybridized carbons (Fsp3) is 0.0750. The second-order valence-electron chi connectivity index (χ2n) is 11.0. The molecule has 0 radical (unpaired) electrons. The minimum absolute atomic E-state index is 0.0659. The quantitative estimate of drug-likeness (QED) is 0.175. The molecule has 0 saturated carbocycles. The molecular formula is C40H34N4. The van der Waals surface area contributed by atoms with E-state index in [2.05, 4.69) is 132 Å². The standard InChI is InChI=1S/C40H34N4/c1-2-12-28-17-11-20-36(37(28)41)35-26-25-32(33-18-9-10-19-34(33)35)27-21-23-31(24-22-27)40-43-38(29-13-5-3-6-14-29)42-39(44-40)30-15-7-4-8-16-30/h2-26,38,40,43H,41H2,1H3,(H,42,44)/b12-2-. The maximum Gasteiger partial charge on any atom is 0.131 e. The van der Waals surface area contributed by atoms with Gasteiger partial charge >= 0.3 is 0 Å². The number of nitrogen functional groups attached to an aromatic ring is 1. The number of hydrogen-bond donors (Lipinski definition) is 3. The highest BCUT2D eigenvalue weighted by molar-refractivity contribution is 6.07. The van der Waals surface area contributed by atoms with E-state index in [0.717, 1.165) is 44.9 Å². The lowest BCUT2D eigenvalue weighted by Crippen LogP contribution is -2.44. The van der Waals surface area contributed by atoms with E-state index in [1.165, 1.54) is 21.9 Å². The Labute approximate surface area is 258 Å². The summed E-state index contributed by atoms with van der Waals surface area (Å²) in [6.45, 7) is 2.01. The van der Waals surface area contributed by atoms with Crippen molar-refractivity contribution >= 4 is 28.4 Å². The van der Waals surface area contributed by atoms with Gasteiger partial charge in [0.1, 0.15) is 18.2 Å². The van der Waals surface area contributed by atoms with Crippen LogP contribution in [0.15, 0.2) is 151 Å². The van der Waals surface area contributed by atoms with E-state index >= 15 is 0 Å². The molecule has 2 atom stereocenters. The van der Waals surface area contributed by atoms with E-state index in [4.69, 9.17) is 10.7 Å². The fourth-order valence-corrected chi connectivity index (χ4v) is 6.06. The van der Waals surface area contributed by atoms with Crippen LogP contribution in [0.1, 0.15) is 41.5 Å². The van der Waals surface area contributed by atoms with Crippen molar-refractivity contribution in [2.45, 2.75) is 19.3 Å². The van der Waals surface area contributed by atoms with Crippen LogP contribution in [-0.4, -0.2) is 5.84 Å². The van der Waals surface area contributed by atoms with Crippen LogP contribution in [-0.2, 0) is 0 Å². The average Bonchev–Trinajstić information content (AvgIpc) is 3.10. The Morgan fingerprint density at radius 2 is 1.25 bits per heavy atom. The molecule has 6 aromatic carbocycles. The van der Waals surface area contributed by atoms with Crippen molar-refractivity contribution in [2.75, 3.05) is 5.73 Å². The minimum atomic E-state index is -0.197. The third-order valence-electron chi connectivity index (χ3n) is 8.28. The summed E-state index contributed by atoms with van der Waals surface area (Å²) >= 11 is 0. The Hall–Kier alpha value is -5.45. The molecular weight excluding hydrogens is 536 g/mol. The number of fused-ring (bicyclic) bond motifs is 1. The number of nitrogens with two attached hydrogens (primary N) is 1. The smallest absolute Gasteiger partial charge is 0.131 e. The number of para-hydroxylation sites is 1. The van der Waals surface area contributed by atoms with E-state index in [1.807, 2.05) is 37.3 Å². The number of aliphatic imine (C=N–C) groups is 1. The topological polar surface area (TPSA) is 62.4 Å². The Bertz CT molecular complexity index is 1980. The lowest BCUT2D eigenvalue weighted by atomic mass is 9.90. The van der Waals surface area contributed by atoms with E-state index in [-0.39, 0.29) is 12.3 Å². The number of nitrogens with zero attached hydrogens (tertiary/aromatic N) is 1. The van der Waals surface area contributed by atoms with E-state index < -0.39 is 0 Å². The van der Waals surface area contributed by atoms with Crippen LogP contribution in [0.5, 0.6) is 0 Å². The van der Waals surface area contributed by atoms with E-state index in [9.17, 15) is 0 Å². The van der Waals surface area contributed by atoms with Crippen LogP contribution < -0.4 is 16.4 Å². The largest absolute Gasteiger partial charge is 0.398 e. The van der Waals surface area contributed by atoms with Crippen molar-refractivity contribution in [2.24, 2.45) is 4.99 Å². The van der Waals surface area contributed by atoms with Crippen LogP contribution in [0.4, 0.5) is 5.69 Å². The molecule has 6 aromatic rings. The summed E-state index contributed by atoms with van der Waals surface area (Å²) in [7, 11) is 0. The third kappa shape index (κ3) is 5.28. The van der Waals surface area contributed by atoms with Gasteiger partial charge in [-0.2, -0.15) is 0 Å². The molecule has 4 heteroatoms. The van der Waals surface area contributed by atoms with Gasteiger partial charge in [0.2, 0.25) is 0 Å². The average molecular weight is 571 g/mol. The number of anilines is 1. The molecule has 0 bridgehead atoms. The molecule has 1 heterocycles. The number of amidine groups is 1. The zero-order chi connectivity index (χ0) is 29.9. The van der Waals surface area contributed by atoms with Crippen molar-refractivity contribution in [3.8, 4) is 22.3 Å². The van der Waals surface area contributed by atoms with Crippen molar-refractivity contribution < 1.29 is 0 Å². The summed E-state index contributed by atoms with van der Waals surface area (Å²) in [5, 5.41) is 9.68. The van der Waals surface area contributed by atoms with Gasteiger partial charge in [-0.1, -0.05) is 152 Å². The van der Waals surface area contributed by atoms with Crippen molar-refractivity contribution in [1.29, 1.82) is 0 Å². The number of benzene rings is 6. The van der Waals surface area contributed by atoms with Gasteiger partial charge in [-0.3, -0.25) is 5.32 Å². The van der Waals surface area contributed by atoms with Crippen LogP contribution in [0.2, 0.25) is 0 Å². The Balaban J connectivity index is 1.25. The lowest BCUT2D eigenvalue weighted by molar-refractivity contribution is 0.409. The van der Waals surface area contributed by atoms with E-state index in [1.54, 1.807) is 0 Å². The lowest BCUT2D eigenvalue weighted by Gasteiger charge is -2.32. The third-order valence-corrected chi connectivity index (χ3v) is 8.28. The summed E-state index contributed by atoms with van der Waals surface area (Å²) in [6.07, 6.45) is 3.82. The maximum absolute atomic E-state index is 6.65. The molecule has 0 spiro atoms. The van der Waals surface area contributed by atoms with Crippen molar-refractivity contribution in [1.82, 2.24) is 10.6 Å². The summed E-state index contributed by atoms with van der Waals surface area (Å²) in [5.74, 6) is 0.881. The van der Waals surface area contributed by atoms with Gasteiger partial charge in [0.15, 0.2) is 0 Å². The molecule has 1 aliphatic rings.